The van der Waals surface area contributed by atoms with Gasteiger partial charge in [-0.05, 0) is 29.5 Å². The Kier molecular flexibility index (Phi) is 4.05. The Bertz CT molecular complexity index is 411. The van der Waals surface area contributed by atoms with E-state index in [0.29, 0.717) is 5.92 Å². The number of hydrogen-bond donors (Lipinski definition) is 2. The topological polar surface area (TPSA) is 67.5 Å². The van der Waals surface area contributed by atoms with Gasteiger partial charge < -0.3 is 5.73 Å². The molecule has 0 fully saturated rings. The number of rotatable bonds is 3. The first-order chi connectivity index (χ1) is 7.50. The molecule has 0 aliphatic carbocycles. The number of hydrogen-bond acceptors (Lipinski definition) is 2. The third-order valence-electron chi connectivity index (χ3n) is 2.34. The highest BCUT2D eigenvalue weighted by Crippen LogP contribution is 2.17. The van der Waals surface area contributed by atoms with Gasteiger partial charge in [0.05, 0.1) is 6.21 Å². The molecule has 0 aromatic heterocycles. The second kappa shape index (κ2) is 5.30. The molecule has 1 aromatic carbocycles. The number of amides is 2. The molecular formula is C12H17N3O. The van der Waals surface area contributed by atoms with Crippen LogP contribution in [0, 0.1) is 6.92 Å². The zero-order valence-electron chi connectivity index (χ0n) is 9.82. The summed E-state index contributed by atoms with van der Waals surface area (Å²) in [4.78, 5) is 10.4. The van der Waals surface area contributed by atoms with E-state index in [0.717, 1.165) is 11.1 Å². The van der Waals surface area contributed by atoms with Crippen molar-refractivity contribution in [2.75, 3.05) is 0 Å². The number of nitrogens with zero attached hydrogens (tertiary/aromatic N) is 1. The quantitative estimate of drug-likeness (QED) is 0.593. The number of nitrogens with two attached hydrogens (primary N) is 1. The molecule has 1 rings (SSSR count). The molecular weight excluding hydrogens is 202 g/mol. The van der Waals surface area contributed by atoms with E-state index in [4.69, 9.17) is 5.73 Å². The van der Waals surface area contributed by atoms with E-state index in [1.165, 1.54) is 5.56 Å². The summed E-state index contributed by atoms with van der Waals surface area (Å²) in [6.07, 6.45) is 1.59. The smallest absolute Gasteiger partial charge is 0.332 e. The van der Waals surface area contributed by atoms with Crippen LogP contribution in [0.15, 0.2) is 23.3 Å². The van der Waals surface area contributed by atoms with Crippen molar-refractivity contribution in [2.24, 2.45) is 10.8 Å². The lowest BCUT2D eigenvalue weighted by atomic mass is 9.98. The molecule has 16 heavy (non-hydrogen) atoms. The fraction of sp³-hybridized carbons (Fsp3) is 0.333. The molecule has 86 valence electrons. The van der Waals surface area contributed by atoms with E-state index in [2.05, 4.69) is 36.5 Å². The Labute approximate surface area is 95.5 Å². The van der Waals surface area contributed by atoms with Gasteiger partial charge in [-0.15, -0.1) is 0 Å². The summed E-state index contributed by atoms with van der Waals surface area (Å²) >= 11 is 0. The number of carbonyl (C=O) groups excluding carboxylic acids is 1. The number of urea groups is 1. The van der Waals surface area contributed by atoms with Gasteiger partial charge in [-0.1, -0.05) is 32.0 Å². The molecule has 0 heterocycles. The molecule has 0 bridgehead atoms. The third-order valence-corrected chi connectivity index (χ3v) is 2.34. The summed E-state index contributed by atoms with van der Waals surface area (Å²) in [5.74, 6) is 0.508. The number of hydrazone groups is 1. The van der Waals surface area contributed by atoms with E-state index in [1.807, 2.05) is 13.0 Å². The Hall–Kier alpha value is -1.84. The number of benzene rings is 1. The van der Waals surface area contributed by atoms with Gasteiger partial charge >= 0.3 is 6.03 Å². The maximum atomic E-state index is 10.4. The molecule has 0 radical (unpaired) electrons. The van der Waals surface area contributed by atoms with Gasteiger partial charge in [-0.2, -0.15) is 5.10 Å². The van der Waals surface area contributed by atoms with Crippen LogP contribution >= 0.6 is 0 Å². The lowest BCUT2D eigenvalue weighted by Gasteiger charge is -2.07. The zero-order valence-corrected chi connectivity index (χ0v) is 9.82. The fourth-order valence-corrected chi connectivity index (χ4v) is 1.37. The normalized spacial score (nSPS) is 11.0. The van der Waals surface area contributed by atoms with Crippen molar-refractivity contribution in [2.45, 2.75) is 26.7 Å². The number of primary amides is 1. The lowest BCUT2D eigenvalue weighted by Crippen LogP contribution is -2.24. The third kappa shape index (κ3) is 3.38. The first-order valence-electron chi connectivity index (χ1n) is 5.19. The molecule has 0 aliphatic heterocycles. The average Bonchev–Trinajstić information content (AvgIpc) is 2.19. The van der Waals surface area contributed by atoms with Crippen LogP contribution in [0.4, 0.5) is 4.79 Å². The summed E-state index contributed by atoms with van der Waals surface area (Å²) in [7, 11) is 0. The minimum atomic E-state index is -0.660. The zero-order chi connectivity index (χ0) is 12.1. The van der Waals surface area contributed by atoms with Gasteiger partial charge in [0, 0.05) is 0 Å². The summed E-state index contributed by atoms with van der Waals surface area (Å²) in [6, 6.07) is 5.50. The molecule has 3 N–H and O–H groups in total. The predicted octanol–water partition coefficient (Wildman–Crippen LogP) is 2.12. The van der Waals surface area contributed by atoms with Crippen LogP contribution in [-0.4, -0.2) is 12.2 Å². The second-order valence-corrected chi connectivity index (χ2v) is 4.00. The largest absolute Gasteiger partial charge is 0.350 e. The first-order valence-corrected chi connectivity index (χ1v) is 5.19. The van der Waals surface area contributed by atoms with Crippen molar-refractivity contribution in [3.05, 3.63) is 34.9 Å². The highest BCUT2D eigenvalue weighted by atomic mass is 16.2. The van der Waals surface area contributed by atoms with Crippen LogP contribution in [-0.2, 0) is 0 Å². The molecule has 1 aromatic rings. The summed E-state index contributed by atoms with van der Waals surface area (Å²) in [6.45, 7) is 6.31. The van der Waals surface area contributed by atoms with Gasteiger partial charge in [0.25, 0.3) is 0 Å². The van der Waals surface area contributed by atoms with Gasteiger partial charge in [0.2, 0.25) is 0 Å². The van der Waals surface area contributed by atoms with Gasteiger partial charge in [0.15, 0.2) is 0 Å². The van der Waals surface area contributed by atoms with Gasteiger partial charge in [0.1, 0.15) is 0 Å². The Morgan fingerprint density at radius 1 is 1.50 bits per heavy atom. The van der Waals surface area contributed by atoms with Crippen molar-refractivity contribution >= 4 is 12.2 Å². The Morgan fingerprint density at radius 2 is 2.19 bits per heavy atom. The molecule has 4 heteroatoms. The van der Waals surface area contributed by atoms with Crippen LogP contribution in [0.1, 0.15) is 36.5 Å². The summed E-state index contributed by atoms with van der Waals surface area (Å²) < 4.78 is 0. The summed E-state index contributed by atoms with van der Waals surface area (Å²) in [5, 5.41) is 3.73. The maximum Gasteiger partial charge on any atom is 0.332 e. The molecule has 2 amide bonds. The van der Waals surface area contributed by atoms with E-state index < -0.39 is 6.03 Å². The highest BCUT2D eigenvalue weighted by Gasteiger charge is 2.01. The van der Waals surface area contributed by atoms with Crippen molar-refractivity contribution in [1.82, 2.24) is 5.43 Å². The molecule has 0 saturated carbocycles. The van der Waals surface area contributed by atoms with Crippen molar-refractivity contribution < 1.29 is 4.79 Å². The minimum absolute atomic E-state index is 0.508. The molecule has 4 nitrogen and oxygen atoms in total. The second-order valence-electron chi connectivity index (χ2n) is 4.00. The van der Waals surface area contributed by atoms with Gasteiger partial charge in [-0.3, -0.25) is 0 Å². The Balaban J connectivity index is 2.83. The van der Waals surface area contributed by atoms with Crippen LogP contribution in [0.3, 0.4) is 0 Å². The molecule has 0 saturated heterocycles. The van der Waals surface area contributed by atoms with Crippen molar-refractivity contribution in [3.63, 3.8) is 0 Å². The van der Waals surface area contributed by atoms with E-state index >= 15 is 0 Å². The number of carbonyl (C=O) groups is 1. The standard InChI is InChI=1S/C12H17N3O/c1-8(2)10-4-5-11(9(3)6-10)7-14-15-12(13)16/h4-8H,1-3H3,(H3,13,15,16)/b14-7+. The fourth-order valence-electron chi connectivity index (χ4n) is 1.37. The Morgan fingerprint density at radius 3 is 2.69 bits per heavy atom. The number of nitrogens with one attached hydrogen (secondary N) is 1. The van der Waals surface area contributed by atoms with E-state index in [9.17, 15) is 4.79 Å². The highest BCUT2D eigenvalue weighted by molar-refractivity contribution is 5.83. The van der Waals surface area contributed by atoms with Crippen LogP contribution < -0.4 is 11.2 Å². The molecule has 0 unspecified atom stereocenters. The molecule has 0 aliphatic rings. The predicted molar refractivity (Wildman–Crippen MR) is 65.6 cm³/mol. The number of aryl methyl sites for hydroxylation is 1. The average molecular weight is 219 g/mol. The van der Waals surface area contributed by atoms with Crippen LogP contribution in [0.25, 0.3) is 0 Å². The van der Waals surface area contributed by atoms with Crippen molar-refractivity contribution in [3.8, 4) is 0 Å². The van der Waals surface area contributed by atoms with Crippen LogP contribution in [0.5, 0.6) is 0 Å². The van der Waals surface area contributed by atoms with Gasteiger partial charge in [-0.25, -0.2) is 10.2 Å². The van der Waals surface area contributed by atoms with E-state index in [-0.39, 0.29) is 0 Å². The van der Waals surface area contributed by atoms with E-state index in [1.54, 1.807) is 6.21 Å². The molecule has 0 spiro atoms. The van der Waals surface area contributed by atoms with Crippen molar-refractivity contribution in [1.29, 1.82) is 0 Å². The SMILES string of the molecule is Cc1cc(C(C)C)ccc1/C=N/NC(N)=O. The maximum absolute atomic E-state index is 10.4. The molecule has 0 atom stereocenters. The monoisotopic (exact) mass is 219 g/mol. The summed E-state index contributed by atoms with van der Waals surface area (Å²) in [5.41, 5.74) is 10.4. The minimum Gasteiger partial charge on any atom is -0.350 e. The lowest BCUT2D eigenvalue weighted by molar-refractivity contribution is 0.249. The van der Waals surface area contributed by atoms with Crippen LogP contribution in [0.2, 0.25) is 0 Å². The first kappa shape index (κ1) is 12.2.